The highest BCUT2D eigenvalue weighted by atomic mass is 32.2. The molecule has 0 spiro atoms. The van der Waals surface area contributed by atoms with Crippen molar-refractivity contribution in [2.75, 3.05) is 25.0 Å². The van der Waals surface area contributed by atoms with Crippen LogP contribution in [0, 0.1) is 17.7 Å². The van der Waals surface area contributed by atoms with E-state index in [2.05, 4.69) is 31.1 Å². The number of hydrogen-bond donors (Lipinski definition) is 1. The third kappa shape index (κ3) is 2.95. The molecule has 4 atom stereocenters. The number of nitrogens with zero attached hydrogens (tertiary/aromatic N) is 1. The average Bonchev–Trinajstić information content (AvgIpc) is 2.84. The second kappa shape index (κ2) is 6.60. The molecule has 2 heterocycles. The van der Waals surface area contributed by atoms with E-state index >= 15 is 0 Å². The number of anilines is 1. The Morgan fingerprint density at radius 3 is 2.48 bits per heavy atom. The summed E-state index contributed by atoms with van der Waals surface area (Å²) < 4.78 is 39.7. The topological polar surface area (TPSA) is 49.4 Å². The quantitative estimate of drug-likeness (QED) is 0.856. The van der Waals surface area contributed by atoms with Crippen molar-refractivity contribution in [2.24, 2.45) is 11.8 Å². The van der Waals surface area contributed by atoms with Crippen molar-refractivity contribution in [1.82, 2.24) is 5.32 Å². The molecule has 0 aliphatic carbocycles. The minimum Gasteiger partial charge on any atom is -0.370 e. The average molecular weight is 389 g/mol. The van der Waals surface area contributed by atoms with Crippen molar-refractivity contribution < 1.29 is 12.8 Å². The van der Waals surface area contributed by atoms with Crippen LogP contribution in [0.15, 0.2) is 52.3 Å². The molecule has 2 aromatic rings. The fourth-order valence-corrected chi connectivity index (χ4v) is 6.14. The number of sulfone groups is 1. The lowest BCUT2D eigenvalue weighted by Gasteiger charge is -2.32. The fraction of sp³-hybridized carbons (Fsp3) is 0.429. The zero-order chi connectivity index (χ0) is 19.3. The van der Waals surface area contributed by atoms with Gasteiger partial charge in [0, 0.05) is 24.7 Å². The van der Waals surface area contributed by atoms with Gasteiger partial charge in [-0.2, -0.15) is 0 Å². The molecule has 1 fully saturated rings. The first-order valence-corrected chi connectivity index (χ1v) is 10.9. The minimum atomic E-state index is -3.75. The van der Waals surface area contributed by atoms with Crippen molar-refractivity contribution in [3.05, 3.63) is 53.8 Å². The van der Waals surface area contributed by atoms with Crippen molar-refractivity contribution in [2.45, 2.75) is 35.6 Å². The van der Waals surface area contributed by atoms with Gasteiger partial charge in [0.05, 0.1) is 9.79 Å². The van der Waals surface area contributed by atoms with Gasteiger partial charge in [-0.15, -0.1) is 0 Å². The lowest BCUT2D eigenvalue weighted by molar-refractivity contribution is 0.374. The molecule has 4 rings (SSSR count). The maximum Gasteiger partial charge on any atom is 0.206 e. The van der Waals surface area contributed by atoms with Gasteiger partial charge in [0.25, 0.3) is 0 Å². The second-order valence-corrected chi connectivity index (χ2v) is 9.87. The summed E-state index contributed by atoms with van der Waals surface area (Å²) in [5.41, 5.74) is 2.19. The summed E-state index contributed by atoms with van der Waals surface area (Å²) in [5, 5.41) is 3.52. The summed E-state index contributed by atoms with van der Waals surface area (Å²) in [4.78, 5) is 2.53. The third-order valence-electron chi connectivity index (χ3n) is 6.10. The Hall–Kier alpha value is -1.92. The van der Waals surface area contributed by atoms with E-state index in [1.807, 2.05) is 12.1 Å². The monoisotopic (exact) mass is 388 g/mol. The van der Waals surface area contributed by atoms with Crippen LogP contribution in [0.4, 0.5) is 10.1 Å². The molecule has 6 heteroatoms. The van der Waals surface area contributed by atoms with Gasteiger partial charge in [-0.05, 0) is 66.9 Å². The fourth-order valence-electron chi connectivity index (χ4n) is 4.81. The van der Waals surface area contributed by atoms with Crippen molar-refractivity contribution >= 4 is 15.5 Å². The van der Waals surface area contributed by atoms with Gasteiger partial charge in [-0.1, -0.05) is 19.9 Å². The van der Waals surface area contributed by atoms with Crippen LogP contribution in [0.2, 0.25) is 0 Å². The van der Waals surface area contributed by atoms with Crippen LogP contribution in [-0.2, 0) is 9.84 Å². The Labute approximate surface area is 160 Å². The second-order valence-electron chi connectivity index (χ2n) is 7.92. The molecular formula is C21H25FN2O2S. The molecule has 1 saturated heterocycles. The Balaban J connectivity index is 1.82. The van der Waals surface area contributed by atoms with Crippen molar-refractivity contribution in [1.29, 1.82) is 0 Å². The molecule has 0 saturated carbocycles. The first-order valence-electron chi connectivity index (χ1n) is 9.39. The molecule has 0 aromatic heterocycles. The van der Waals surface area contributed by atoms with Gasteiger partial charge in [0.2, 0.25) is 9.84 Å². The largest absolute Gasteiger partial charge is 0.370 e. The number of likely N-dealkylation sites (N-methyl/N-ethyl adjacent to an activating group) is 1. The number of hydrogen-bond acceptors (Lipinski definition) is 4. The Morgan fingerprint density at radius 2 is 1.74 bits per heavy atom. The van der Waals surface area contributed by atoms with Crippen LogP contribution < -0.4 is 10.2 Å². The molecule has 2 aliphatic heterocycles. The van der Waals surface area contributed by atoms with E-state index in [0.717, 1.165) is 30.4 Å². The molecular weight excluding hydrogens is 363 g/mol. The van der Waals surface area contributed by atoms with Gasteiger partial charge >= 0.3 is 0 Å². The summed E-state index contributed by atoms with van der Waals surface area (Å²) in [5.74, 6) is 0.586. The Kier molecular flexibility index (Phi) is 4.51. The minimum absolute atomic E-state index is 0.00528. The summed E-state index contributed by atoms with van der Waals surface area (Å²) in [7, 11) is -1.66. The van der Waals surface area contributed by atoms with Crippen LogP contribution in [-0.4, -0.2) is 34.6 Å². The van der Waals surface area contributed by atoms with E-state index in [1.54, 1.807) is 6.07 Å². The smallest absolute Gasteiger partial charge is 0.206 e. The molecule has 27 heavy (non-hydrogen) atoms. The number of fused-ring (bicyclic) bond motifs is 3. The number of benzene rings is 2. The van der Waals surface area contributed by atoms with Crippen molar-refractivity contribution in [3.63, 3.8) is 0 Å². The molecule has 0 amide bonds. The maximum atomic E-state index is 13.6. The van der Waals surface area contributed by atoms with Crippen LogP contribution in [0.1, 0.15) is 25.3 Å². The van der Waals surface area contributed by atoms with E-state index in [0.29, 0.717) is 17.9 Å². The van der Waals surface area contributed by atoms with Gasteiger partial charge in [0.1, 0.15) is 5.82 Å². The molecule has 0 radical (unpaired) electrons. The van der Waals surface area contributed by atoms with E-state index in [1.165, 1.54) is 18.2 Å². The van der Waals surface area contributed by atoms with Gasteiger partial charge in [0.15, 0.2) is 0 Å². The molecule has 4 nitrogen and oxygen atoms in total. The first kappa shape index (κ1) is 18.4. The summed E-state index contributed by atoms with van der Waals surface area (Å²) in [6, 6.07) is 10.9. The normalized spacial score (nSPS) is 27.8. The highest BCUT2D eigenvalue weighted by molar-refractivity contribution is 7.91. The van der Waals surface area contributed by atoms with Crippen LogP contribution in [0.25, 0.3) is 0 Å². The van der Waals surface area contributed by atoms with E-state index in [-0.39, 0.29) is 15.7 Å². The summed E-state index contributed by atoms with van der Waals surface area (Å²) >= 11 is 0. The molecule has 1 N–H and O–H groups in total. The molecule has 2 aliphatic rings. The molecule has 2 aromatic carbocycles. The number of halogens is 1. The van der Waals surface area contributed by atoms with Crippen LogP contribution in [0.3, 0.4) is 0 Å². The predicted octanol–water partition coefficient (Wildman–Crippen LogP) is 3.44. The van der Waals surface area contributed by atoms with E-state index in [4.69, 9.17) is 0 Å². The highest BCUT2D eigenvalue weighted by Gasteiger charge is 2.44. The lowest BCUT2D eigenvalue weighted by Crippen LogP contribution is -2.39. The van der Waals surface area contributed by atoms with Crippen LogP contribution in [0.5, 0.6) is 0 Å². The Morgan fingerprint density at radius 1 is 1.04 bits per heavy atom. The Bertz CT molecular complexity index is 976. The molecule has 3 unspecified atom stereocenters. The summed E-state index contributed by atoms with van der Waals surface area (Å²) in [6.07, 6.45) is 0. The SMILES string of the molecule is CC1CNCC(C)[C@H]2c3cc(S(=O)(=O)c4cccc(F)c4)ccc3N(C)C12. The number of rotatable bonds is 2. The lowest BCUT2D eigenvalue weighted by atomic mass is 9.80. The molecule has 0 bridgehead atoms. The van der Waals surface area contributed by atoms with Gasteiger partial charge in [-0.3, -0.25) is 0 Å². The first-order chi connectivity index (χ1) is 12.8. The van der Waals surface area contributed by atoms with Crippen LogP contribution >= 0.6 is 0 Å². The van der Waals surface area contributed by atoms with Crippen molar-refractivity contribution in [3.8, 4) is 0 Å². The zero-order valence-electron chi connectivity index (χ0n) is 15.8. The highest BCUT2D eigenvalue weighted by Crippen LogP contribution is 2.48. The molecule has 144 valence electrons. The predicted molar refractivity (Wildman–Crippen MR) is 104 cm³/mol. The van der Waals surface area contributed by atoms with Gasteiger partial charge < -0.3 is 10.2 Å². The summed E-state index contributed by atoms with van der Waals surface area (Å²) in [6.45, 7) is 6.34. The van der Waals surface area contributed by atoms with E-state index in [9.17, 15) is 12.8 Å². The zero-order valence-corrected chi connectivity index (χ0v) is 16.6. The standard InChI is InChI=1S/C21H25FN2O2S/c1-13-11-23-12-14(2)21-20(13)18-10-17(7-8-19(18)24(21)3)27(25,26)16-6-4-5-15(22)9-16/h4-10,13-14,20-21,23H,11-12H2,1-3H3/t13?,14?,20-,21?/m0/s1. The van der Waals surface area contributed by atoms with E-state index < -0.39 is 15.7 Å². The number of nitrogens with one attached hydrogen (secondary N) is 1. The maximum absolute atomic E-state index is 13.6. The van der Waals surface area contributed by atoms with Gasteiger partial charge in [-0.25, -0.2) is 12.8 Å². The third-order valence-corrected chi connectivity index (χ3v) is 7.85.